The maximum atomic E-state index is 11.9. The van der Waals surface area contributed by atoms with Gasteiger partial charge in [0.15, 0.2) is 0 Å². The average molecular weight is 250 g/mol. The van der Waals surface area contributed by atoms with E-state index in [1.165, 1.54) is 0 Å². The van der Waals surface area contributed by atoms with Gasteiger partial charge in [-0.25, -0.2) is 0 Å². The molecule has 6 nitrogen and oxygen atoms in total. The summed E-state index contributed by atoms with van der Waals surface area (Å²) in [4.78, 5) is 10.9. The summed E-state index contributed by atoms with van der Waals surface area (Å²) in [6.45, 7) is 5.42. The van der Waals surface area contributed by atoms with Crippen molar-refractivity contribution in [2.24, 2.45) is 0 Å². The van der Waals surface area contributed by atoms with Crippen molar-refractivity contribution in [2.45, 2.75) is 45.2 Å². The van der Waals surface area contributed by atoms with Crippen LogP contribution in [0.3, 0.4) is 0 Å². The van der Waals surface area contributed by atoms with Crippen LogP contribution in [0.25, 0.3) is 0 Å². The van der Waals surface area contributed by atoms with E-state index in [4.69, 9.17) is 5.11 Å². The molecule has 0 aromatic carbocycles. The normalized spacial score (nSPS) is 23.6. The fraction of sp³-hybridized carbons (Fsp3) is 0.889. The Morgan fingerprint density at radius 1 is 1.44 bits per heavy atom. The molecule has 16 heavy (non-hydrogen) atoms. The van der Waals surface area contributed by atoms with Crippen LogP contribution in [0.1, 0.15) is 33.6 Å². The van der Waals surface area contributed by atoms with Gasteiger partial charge in [-0.2, -0.15) is 17.4 Å². The van der Waals surface area contributed by atoms with Crippen LogP contribution in [-0.2, 0) is 15.0 Å². The van der Waals surface area contributed by atoms with Crippen LogP contribution in [0.2, 0.25) is 0 Å². The minimum Gasteiger partial charge on any atom is -0.480 e. The molecule has 94 valence electrons. The summed E-state index contributed by atoms with van der Waals surface area (Å²) in [6, 6.07) is -0.931. The summed E-state index contributed by atoms with van der Waals surface area (Å²) in [6.07, 6.45) is 0.961. The van der Waals surface area contributed by atoms with E-state index in [1.54, 1.807) is 20.8 Å². The summed E-state index contributed by atoms with van der Waals surface area (Å²) in [5.74, 6) is -1.09. The Labute approximate surface area is 95.8 Å². The Balaban J connectivity index is 2.87. The van der Waals surface area contributed by atoms with Crippen molar-refractivity contribution in [1.82, 2.24) is 9.03 Å². The van der Waals surface area contributed by atoms with E-state index in [9.17, 15) is 13.2 Å². The Bertz CT molecular complexity index is 371. The highest BCUT2D eigenvalue weighted by molar-refractivity contribution is 7.87. The van der Waals surface area contributed by atoms with E-state index < -0.39 is 27.8 Å². The van der Waals surface area contributed by atoms with Gasteiger partial charge >= 0.3 is 5.97 Å². The van der Waals surface area contributed by atoms with Crippen molar-refractivity contribution in [3.05, 3.63) is 0 Å². The third kappa shape index (κ3) is 3.16. The smallest absolute Gasteiger partial charge is 0.322 e. The SMILES string of the molecule is CC(C)(C)NS(=O)(=O)N1CCC[C@@H]1C(=O)O. The standard InChI is InChI=1S/C9H18N2O4S/c1-9(2,3)10-16(14,15)11-6-4-5-7(11)8(12)13/h7,10H,4-6H2,1-3H3,(H,12,13)/t7-/m1/s1. The van der Waals surface area contributed by atoms with Crippen molar-refractivity contribution >= 4 is 16.2 Å². The van der Waals surface area contributed by atoms with E-state index in [1.807, 2.05) is 0 Å². The molecule has 7 heteroatoms. The molecular formula is C9H18N2O4S. The zero-order valence-corrected chi connectivity index (χ0v) is 10.5. The summed E-state index contributed by atoms with van der Waals surface area (Å²) in [5.41, 5.74) is -0.607. The molecule has 0 bridgehead atoms. The molecule has 0 aromatic heterocycles. The second-order valence-electron chi connectivity index (χ2n) is 4.96. The van der Waals surface area contributed by atoms with Crippen LogP contribution >= 0.6 is 0 Å². The topological polar surface area (TPSA) is 86.7 Å². The molecule has 1 heterocycles. The lowest BCUT2D eigenvalue weighted by Crippen LogP contribution is -2.51. The highest BCUT2D eigenvalue weighted by Crippen LogP contribution is 2.21. The summed E-state index contributed by atoms with van der Waals surface area (Å²) in [5, 5.41) is 8.91. The molecule has 2 N–H and O–H groups in total. The fourth-order valence-electron chi connectivity index (χ4n) is 1.72. The van der Waals surface area contributed by atoms with Crippen LogP contribution in [-0.4, -0.2) is 41.9 Å². The van der Waals surface area contributed by atoms with E-state index in [2.05, 4.69) is 4.72 Å². The van der Waals surface area contributed by atoms with Crippen LogP contribution in [0.4, 0.5) is 0 Å². The van der Waals surface area contributed by atoms with Crippen molar-refractivity contribution in [3.63, 3.8) is 0 Å². The number of carbonyl (C=O) groups is 1. The first-order valence-corrected chi connectivity index (χ1v) is 6.61. The Morgan fingerprint density at radius 3 is 2.44 bits per heavy atom. The summed E-state index contributed by atoms with van der Waals surface area (Å²) in [7, 11) is -3.71. The van der Waals surface area contributed by atoms with Crippen molar-refractivity contribution in [1.29, 1.82) is 0 Å². The molecule has 1 saturated heterocycles. The van der Waals surface area contributed by atoms with Crippen LogP contribution in [0.15, 0.2) is 0 Å². The zero-order valence-electron chi connectivity index (χ0n) is 9.73. The predicted molar refractivity (Wildman–Crippen MR) is 59.2 cm³/mol. The molecule has 1 rings (SSSR count). The van der Waals surface area contributed by atoms with Gasteiger partial charge in [0, 0.05) is 12.1 Å². The summed E-state index contributed by atoms with van der Waals surface area (Å²) < 4.78 is 27.3. The lowest BCUT2D eigenvalue weighted by molar-refractivity contribution is -0.140. The van der Waals surface area contributed by atoms with Gasteiger partial charge in [0.25, 0.3) is 10.2 Å². The molecule has 0 aromatic rings. The first kappa shape index (κ1) is 13.4. The van der Waals surface area contributed by atoms with Gasteiger partial charge in [0.1, 0.15) is 6.04 Å². The molecule has 1 aliphatic heterocycles. The Morgan fingerprint density at radius 2 is 2.00 bits per heavy atom. The summed E-state index contributed by atoms with van der Waals surface area (Å²) >= 11 is 0. The number of nitrogens with one attached hydrogen (secondary N) is 1. The first-order chi connectivity index (χ1) is 7.13. The number of rotatable bonds is 3. The number of carboxylic acid groups (broad SMARTS) is 1. The van der Waals surface area contributed by atoms with Gasteiger partial charge in [-0.05, 0) is 33.6 Å². The molecule has 1 atom stereocenters. The van der Waals surface area contributed by atoms with Crippen LogP contribution in [0.5, 0.6) is 0 Å². The number of hydrogen-bond donors (Lipinski definition) is 2. The van der Waals surface area contributed by atoms with E-state index in [0.29, 0.717) is 12.8 Å². The molecule has 1 aliphatic rings. The quantitative estimate of drug-likeness (QED) is 0.747. The second kappa shape index (κ2) is 4.31. The fourth-order valence-corrected chi connectivity index (χ4v) is 3.51. The number of nitrogens with zero attached hydrogens (tertiary/aromatic N) is 1. The third-order valence-electron chi connectivity index (χ3n) is 2.23. The van der Waals surface area contributed by atoms with Crippen LogP contribution < -0.4 is 4.72 Å². The van der Waals surface area contributed by atoms with Gasteiger partial charge in [-0.3, -0.25) is 4.79 Å². The molecule has 0 radical (unpaired) electrons. The predicted octanol–water partition coefficient (Wildman–Crippen LogP) is 0.168. The molecule has 0 amide bonds. The first-order valence-electron chi connectivity index (χ1n) is 5.17. The van der Waals surface area contributed by atoms with E-state index in [-0.39, 0.29) is 6.54 Å². The molecular weight excluding hydrogens is 232 g/mol. The third-order valence-corrected chi connectivity index (χ3v) is 4.16. The number of aliphatic carboxylic acids is 1. The Kier molecular flexibility index (Phi) is 3.61. The minimum absolute atomic E-state index is 0.266. The molecule has 1 fully saturated rings. The Hall–Kier alpha value is -0.660. The molecule has 0 unspecified atom stereocenters. The minimum atomic E-state index is -3.71. The maximum Gasteiger partial charge on any atom is 0.322 e. The van der Waals surface area contributed by atoms with Crippen molar-refractivity contribution < 1.29 is 18.3 Å². The number of hydrogen-bond acceptors (Lipinski definition) is 3. The lowest BCUT2D eigenvalue weighted by atomic mass is 10.1. The molecule has 0 aliphatic carbocycles. The van der Waals surface area contributed by atoms with Crippen LogP contribution in [0, 0.1) is 0 Å². The van der Waals surface area contributed by atoms with Crippen molar-refractivity contribution in [2.75, 3.05) is 6.54 Å². The van der Waals surface area contributed by atoms with Crippen molar-refractivity contribution in [3.8, 4) is 0 Å². The number of carboxylic acids is 1. The van der Waals surface area contributed by atoms with E-state index in [0.717, 1.165) is 4.31 Å². The zero-order chi connectivity index (χ0) is 12.6. The van der Waals surface area contributed by atoms with Gasteiger partial charge in [-0.15, -0.1) is 0 Å². The average Bonchev–Trinajstić information content (AvgIpc) is 2.45. The van der Waals surface area contributed by atoms with Gasteiger partial charge in [-0.1, -0.05) is 0 Å². The molecule has 0 saturated carbocycles. The highest BCUT2D eigenvalue weighted by atomic mass is 32.2. The van der Waals surface area contributed by atoms with Gasteiger partial charge in [0.2, 0.25) is 0 Å². The van der Waals surface area contributed by atoms with E-state index >= 15 is 0 Å². The second-order valence-corrected chi connectivity index (χ2v) is 6.59. The van der Waals surface area contributed by atoms with Gasteiger partial charge < -0.3 is 5.11 Å². The monoisotopic (exact) mass is 250 g/mol. The highest BCUT2D eigenvalue weighted by Gasteiger charge is 2.39. The van der Waals surface area contributed by atoms with Gasteiger partial charge in [0.05, 0.1) is 0 Å². The largest absolute Gasteiger partial charge is 0.480 e. The molecule has 0 spiro atoms. The lowest BCUT2D eigenvalue weighted by Gasteiger charge is -2.27. The maximum absolute atomic E-state index is 11.9.